The van der Waals surface area contributed by atoms with Crippen LogP contribution in [0, 0.1) is 0 Å². The van der Waals surface area contributed by atoms with Gasteiger partial charge >= 0.3 is 0 Å². The van der Waals surface area contributed by atoms with Crippen LogP contribution in [0.25, 0.3) is 0 Å². The van der Waals surface area contributed by atoms with Crippen molar-refractivity contribution >= 4 is 41.1 Å². The van der Waals surface area contributed by atoms with Crippen molar-refractivity contribution in [3.8, 4) is 5.75 Å². The van der Waals surface area contributed by atoms with Crippen molar-refractivity contribution < 1.29 is 9.53 Å². The van der Waals surface area contributed by atoms with Crippen LogP contribution in [-0.2, 0) is 4.79 Å². The minimum atomic E-state index is 0.281. The van der Waals surface area contributed by atoms with E-state index in [-0.39, 0.29) is 5.02 Å². The van der Waals surface area contributed by atoms with E-state index in [0.29, 0.717) is 40.8 Å². The summed E-state index contributed by atoms with van der Waals surface area (Å²) in [5.74, 6) is 0.484. The van der Waals surface area contributed by atoms with Crippen LogP contribution < -0.4 is 4.74 Å². The molecule has 2 nitrogen and oxygen atoms in total. The molecule has 1 aromatic carbocycles. The van der Waals surface area contributed by atoms with E-state index in [0.717, 1.165) is 6.29 Å². The molecule has 0 fully saturated rings. The maximum absolute atomic E-state index is 10.3. The second-order valence-electron chi connectivity index (χ2n) is 3.40. The molecule has 0 heterocycles. The maximum atomic E-state index is 10.3. The lowest BCUT2D eigenvalue weighted by Gasteiger charge is -2.09. The molecule has 1 rings (SSSR count). The molecule has 0 N–H and O–H groups in total. The van der Waals surface area contributed by atoms with Crippen LogP contribution in [0.5, 0.6) is 5.75 Å². The Morgan fingerprint density at radius 1 is 1.29 bits per heavy atom. The van der Waals surface area contributed by atoms with Crippen molar-refractivity contribution in [2.75, 3.05) is 6.61 Å². The van der Waals surface area contributed by atoms with E-state index in [1.54, 1.807) is 12.1 Å². The van der Waals surface area contributed by atoms with Crippen LogP contribution in [0.1, 0.15) is 12.8 Å². The highest BCUT2D eigenvalue weighted by Gasteiger charge is 2.09. The van der Waals surface area contributed by atoms with E-state index in [1.165, 1.54) is 0 Å². The molecule has 0 aliphatic carbocycles. The lowest BCUT2D eigenvalue weighted by molar-refractivity contribution is -0.105. The average Bonchev–Trinajstić information content (AvgIpc) is 2.33. The fraction of sp³-hybridized carbons (Fsp3) is 0.250. The Labute approximate surface area is 115 Å². The number of allylic oxidation sites excluding steroid dienone is 1. The fourth-order valence-corrected chi connectivity index (χ4v) is 1.74. The van der Waals surface area contributed by atoms with Crippen molar-refractivity contribution in [2.24, 2.45) is 0 Å². The summed E-state index contributed by atoms with van der Waals surface area (Å²) in [5, 5.41) is 0.967. The molecule has 5 heteroatoms. The Morgan fingerprint density at radius 3 is 2.65 bits per heavy atom. The molecule has 0 amide bonds. The Balaban J connectivity index is 2.50. The number of benzene rings is 1. The number of aldehydes is 1. The van der Waals surface area contributed by atoms with Gasteiger partial charge in [-0.05, 0) is 30.5 Å². The van der Waals surface area contributed by atoms with Crippen LogP contribution in [-0.4, -0.2) is 12.9 Å². The van der Waals surface area contributed by atoms with E-state index in [1.807, 2.05) is 0 Å². The number of hydrogen-bond acceptors (Lipinski definition) is 2. The monoisotopic (exact) mass is 292 g/mol. The molecule has 0 aliphatic rings. The zero-order valence-corrected chi connectivity index (χ0v) is 11.3. The third-order valence-corrected chi connectivity index (χ3v) is 3.34. The molecule has 0 aromatic heterocycles. The van der Waals surface area contributed by atoms with Crippen molar-refractivity contribution in [3.05, 3.63) is 39.4 Å². The van der Waals surface area contributed by atoms with Gasteiger partial charge in [-0.2, -0.15) is 0 Å². The molecular weight excluding hydrogens is 282 g/mol. The topological polar surface area (TPSA) is 26.3 Å². The molecule has 92 valence electrons. The number of halogens is 3. The Morgan fingerprint density at radius 2 is 2.00 bits per heavy atom. The van der Waals surface area contributed by atoms with Gasteiger partial charge in [0.2, 0.25) is 0 Å². The van der Waals surface area contributed by atoms with E-state index in [4.69, 9.17) is 39.5 Å². The standard InChI is InChI=1S/C12H11Cl3O2/c1-8(7-16)3-2-6-17-10-5-4-9(13)11(14)12(10)15/h4-5,7H,1-3,6H2. The molecule has 0 bridgehead atoms. The number of carbonyl (C=O) groups is 1. The lowest BCUT2D eigenvalue weighted by Crippen LogP contribution is -1.99. The summed E-state index contributed by atoms with van der Waals surface area (Å²) in [6.07, 6.45) is 2.03. The maximum Gasteiger partial charge on any atom is 0.145 e. The van der Waals surface area contributed by atoms with Gasteiger partial charge < -0.3 is 4.74 Å². The first-order valence-corrected chi connectivity index (χ1v) is 6.09. The lowest BCUT2D eigenvalue weighted by atomic mass is 10.2. The third-order valence-electron chi connectivity index (χ3n) is 2.07. The van der Waals surface area contributed by atoms with Crippen molar-refractivity contribution in [3.63, 3.8) is 0 Å². The molecule has 0 unspecified atom stereocenters. The van der Waals surface area contributed by atoms with Crippen LogP contribution >= 0.6 is 34.8 Å². The zero-order valence-electron chi connectivity index (χ0n) is 9.01. The van der Waals surface area contributed by atoms with Crippen molar-refractivity contribution in [1.82, 2.24) is 0 Å². The largest absolute Gasteiger partial charge is 0.492 e. The predicted octanol–water partition coefficient (Wildman–Crippen LogP) is 4.56. The van der Waals surface area contributed by atoms with Gasteiger partial charge in [-0.25, -0.2) is 0 Å². The molecule has 1 aromatic rings. The number of carbonyl (C=O) groups excluding carboxylic acids is 1. The van der Waals surface area contributed by atoms with E-state index in [2.05, 4.69) is 6.58 Å². The number of hydrogen-bond donors (Lipinski definition) is 0. The van der Waals surface area contributed by atoms with E-state index in [9.17, 15) is 4.79 Å². The SMILES string of the molecule is C=C(C=O)CCCOc1ccc(Cl)c(Cl)c1Cl. The first kappa shape index (κ1) is 14.4. The Kier molecular flexibility index (Phi) is 5.83. The Bertz CT molecular complexity index is 430. The first-order chi connectivity index (χ1) is 8.06. The third kappa shape index (κ3) is 4.23. The second-order valence-corrected chi connectivity index (χ2v) is 4.56. The van der Waals surface area contributed by atoms with Crippen LogP contribution in [0.15, 0.2) is 24.3 Å². The number of rotatable bonds is 6. The zero-order chi connectivity index (χ0) is 12.8. The molecule has 0 saturated carbocycles. The highest BCUT2D eigenvalue weighted by atomic mass is 35.5. The Hall–Kier alpha value is -0.700. The summed E-state index contributed by atoms with van der Waals surface area (Å²) in [6, 6.07) is 3.28. The number of ether oxygens (including phenoxy) is 1. The smallest absolute Gasteiger partial charge is 0.145 e. The molecule has 17 heavy (non-hydrogen) atoms. The molecule has 0 saturated heterocycles. The van der Waals surface area contributed by atoms with Gasteiger partial charge in [-0.3, -0.25) is 4.79 Å². The summed E-state index contributed by atoms with van der Waals surface area (Å²) < 4.78 is 5.44. The van der Waals surface area contributed by atoms with Gasteiger partial charge in [0, 0.05) is 0 Å². The van der Waals surface area contributed by atoms with Crippen LogP contribution in [0.2, 0.25) is 15.1 Å². The first-order valence-electron chi connectivity index (χ1n) is 4.95. The van der Waals surface area contributed by atoms with Gasteiger partial charge in [0.05, 0.1) is 16.7 Å². The minimum absolute atomic E-state index is 0.281. The van der Waals surface area contributed by atoms with Gasteiger partial charge in [-0.15, -0.1) is 0 Å². The molecule has 0 aliphatic heterocycles. The van der Waals surface area contributed by atoms with Gasteiger partial charge in [0.15, 0.2) is 0 Å². The summed E-state index contributed by atoms with van der Waals surface area (Å²) in [5.41, 5.74) is 0.550. The average molecular weight is 294 g/mol. The summed E-state index contributed by atoms with van der Waals surface area (Å²) in [6.45, 7) is 4.01. The summed E-state index contributed by atoms with van der Waals surface area (Å²) in [7, 11) is 0. The fourth-order valence-electron chi connectivity index (χ4n) is 1.16. The quantitative estimate of drug-likeness (QED) is 0.332. The second kappa shape index (κ2) is 6.90. The van der Waals surface area contributed by atoms with Gasteiger partial charge in [-0.1, -0.05) is 41.4 Å². The molecule has 0 radical (unpaired) electrons. The highest BCUT2D eigenvalue weighted by Crippen LogP contribution is 2.37. The molecule has 0 atom stereocenters. The van der Waals surface area contributed by atoms with Gasteiger partial charge in [0.25, 0.3) is 0 Å². The van der Waals surface area contributed by atoms with Crippen molar-refractivity contribution in [1.29, 1.82) is 0 Å². The normalized spacial score (nSPS) is 10.1. The van der Waals surface area contributed by atoms with E-state index >= 15 is 0 Å². The molecule has 0 spiro atoms. The highest BCUT2D eigenvalue weighted by molar-refractivity contribution is 6.48. The van der Waals surface area contributed by atoms with Gasteiger partial charge in [0.1, 0.15) is 17.1 Å². The molecular formula is C12H11Cl3O2. The summed E-state index contributed by atoms with van der Waals surface area (Å²) in [4.78, 5) is 10.3. The van der Waals surface area contributed by atoms with E-state index < -0.39 is 0 Å². The van der Waals surface area contributed by atoms with Crippen LogP contribution in [0.3, 0.4) is 0 Å². The summed E-state index contributed by atoms with van der Waals surface area (Å²) >= 11 is 17.6. The van der Waals surface area contributed by atoms with Crippen molar-refractivity contribution in [2.45, 2.75) is 12.8 Å². The minimum Gasteiger partial charge on any atom is -0.492 e. The van der Waals surface area contributed by atoms with Crippen LogP contribution in [0.4, 0.5) is 0 Å². The predicted molar refractivity (Wildman–Crippen MR) is 71.4 cm³/mol.